The second-order valence-corrected chi connectivity index (χ2v) is 3.36. The molecule has 1 aliphatic heterocycles. The highest BCUT2D eigenvalue weighted by Gasteiger charge is 2.33. The van der Waals surface area contributed by atoms with E-state index in [1.54, 1.807) is 0 Å². The zero-order valence-electron chi connectivity index (χ0n) is 7.67. The molecule has 2 nitrogen and oxygen atoms in total. The molecule has 0 aromatic rings. The van der Waals surface area contributed by atoms with Gasteiger partial charge in [-0.25, -0.2) is 9.57 Å². The quantitative estimate of drug-likeness (QED) is 0.548. The largest absolute Gasteiger partial charge is 0.252 e. The van der Waals surface area contributed by atoms with Gasteiger partial charge in [-0.15, -0.1) is 0 Å². The van der Waals surface area contributed by atoms with Crippen molar-refractivity contribution in [3.05, 3.63) is 0 Å². The van der Waals surface area contributed by atoms with E-state index in [0.717, 1.165) is 6.42 Å². The van der Waals surface area contributed by atoms with Gasteiger partial charge < -0.3 is 0 Å². The van der Waals surface area contributed by atoms with Crippen molar-refractivity contribution in [3.8, 4) is 0 Å². The van der Waals surface area contributed by atoms with Gasteiger partial charge in [0.05, 0.1) is 6.21 Å². The first-order valence-corrected chi connectivity index (χ1v) is 4.30. The van der Waals surface area contributed by atoms with Gasteiger partial charge in [0.2, 0.25) is 0 Å². The summed E-state index contributed by atoms with van der Waals surface area (Å²) in [6.07, 6.45) is 7.60. The molecule has 1 heterocycles. The molecule has 0 radical (unpaired) electrons. The molecule has 1 aliphatic rings. The number of rotatable bonds is 3. The van der Waals surface area contributed by atoms with E-state index in [9.17, 15) is 0 Å². The third-order valence-corrected chi connectivity index (χ3v) is 2.41. The molecular formula is C9H17N2+. The van der Waals surface area contributed by atoms with Crippen LogP contribution in [0.15, 0.2) is 4.99 Å². The van der Waals surface area contributed by atoms with Gasteiger partial charge in [0.25, 0.3) is 5.66 Å². The minimum Gasteiger partial charge on any atom is -0.217 e. The molecule has 0 fully saturated rings. The SMILES string of the molecule is CCCCC1(C)N=CC=[N+]1C. The summed E-state index contributed by atoms with van der Waals surface area (Å²) in [7, 11) is 2.09. The van der Waals surface area contributed by atoms with Crippen LogP contribution in [-0.4, -0.2) is 29.7 Å². The van der Waals surface area contributed by atoms with Crippen LogP contribution >= 0.6 is 0 Å². The van der Waals surface area contributed by atoms with E-state index in [1.807, 2.05) is 12.4 Å². The topological polar surface area (TPSA) is 15.4 Å². The lowest BCUT2D eigenvalue weighted by Crippen LogP contribution is -2.32. The van der Waals surface area contributed by atoms with Crippen molar-refractivity contribution in [2.45, 2.75) is 38.8 Å². The van der Waals surface area contributed by atoms with Crippen molar-refractivity contribution in [3.63, 3.8) is 0 Å². The standard InChI is InChI=1S/C9H17N2/c1-4-5-6-9(2)10-7-8-11(9)3/h7-8H,4-6H2,1-3H3/q+1. The van der Waals surface area contributed by atoms with Crippen molar-refractivity contribution < 1.29 is 4.58 Å². The molecule has 62 valence electrons. The van der Waals surface area contributed by atoms with Gasteiger partial charge in [0, 0.05) is 13.3 Å². The van der Waals surface area contributed by atoms with Crippen LogP contribution in [0.2, 0.25) is 0 Å². The summed E-state index contributed by atoms with van der Waals surface area (Å²) in [6.45, 7) is 4.40. The number of aliphatic imine (C=N–C) groups is 1. The van der Waals surface area contributed by atoms with E-state index in [2.05, 4.69) is 30.5 Å². The molecule has 0 aromatic heterocycles. The first-order valence-electron chi connectivity index (χ1n) is 4.30. The first-order chi connectivity index (χ1) is 5.19. The van der Waals surface area contributed by atoms with Gasteiger partial charge in [-0.05, 0) is 6.42 Å². The Morgan fingerprint density at radius 3 is 2.73 bits per heavy atom. The zero-order chi connectivity index (χ0) is 8.32. The summed E-state index contributed by atoms with van der Waals surface area (Å²) in [6, 6.07) is 0. The Morgan fingerprint density at radius 1 is 1.55 bits per heavy atom. The lowest BCUT2D eigenvalue weighted by Gasteiger charge is -2.16. The Kier molecular flexibility index (Phi) is 2.42. The average molecular weight is 153 g/mol. The van der Waals surface area contributed by atoms with Crippen LogP contribution in [0, 0.1) is 0 Å². The molecule has 0 aliphatic carbocycles. The second-order valence-electron chi connectivity index (χ2n) is 3.36. The molecule has 11 heavy (non-hydrogen) atoms. The van der Waals surface area contributed by atoms with Crippen molar-refractivity contribution in [2.24, 2.45) is 4.99 Å². The highest BCUT2D eigenvalue weighted by Crippen LogP contribution is 2.20. The summed E-state index contributed by atoms with van der Waals surface area (Å²) in [4.78, 5) is 4.43. The van der Waals surface area contributed by atoms with E-state index in [1.165, 1.54) is 12.8 Å². The summed E-state index contributed by atoms with van der Waals surface area (Å²) in [5.74, 6) is 0. The molecule has 0 amide bonds. The second kappa shape index (κ2) is 3.16. The monoisotopic (exact) mass is 153 g/mol. The van der Waals surface area contributed by atoms with Crippen LogP contribution in [0.25, 0.3) is 0 Å². The summed E-state index contributed by atoms with van der Waals surface area (Å²) >= 11 is 0. The van der Waals surface area contributed by atoms with Gasteiger partial charge >= 0.3 is 0 Å². The van der Waals surface area contributed by atoms with Crippen LogP contribution in [0.5, 0.6) is 0 Å². The van der Waals surface area contributed by atoms with E-state index in [4.69, 9.17) is 0 Å². The molecule has 1 unspecified atom stereocenters. The molecule has 1 atom stereocenters. The van der Waals surface area contributed by atoms with E-state index in [-0.39, 0.29) is 5.66 Å². The van der Waals surface area contributed by atoms with Crippen molar-refractivity contribution in [1.29, 1.82) is 0 Å². The fourth-order valence-corrected chi connectivity index (χ4v) is 1.30. The Balaban J connectivity index is 2.53. The normalized spacial score (nSPS) is 29.2. The minimum atomic E-state index is 0.0516. The highest BCUT2D eigenvalue weighted by atomic mass is 15.2. The molecule has 0 spiro atoms. The summed E-state index contributed by atoms with van der Waals surface area (Å²) in [5.41, 5.74) is 0.0516. The molecule has 0 aromatic carbocycles. The van der Waals surface area contributed by atoms with Crippen LogP contribution in [0.3, 0.4) is 0 Å². The van der Waals surface area contributed by atoms with Crippen molar-refractivity contribution in [1.82, 2.24) is 0 Å². The number of unbranched alkanes of at least 4 members (excludes halogenated alkanes) is 1. The van der Waals surface area contributed by atoms with E-state index in [0.29, 0.717) is 0 Å². The maximum atomic E-state index is 4.43. The first kappa shape index (κ1) is 8.44. The Hall–Kier alpha value is -0.660. The van der Waals surface area contributed by atoms with Gasteiger partial charge in [0.1, 0.15) is 7.05 Å². The summed E-state index contributed by atoms with van der Waals surface area (Å²) in [5, 5.41) is 0. The molecule has 1 rings (SSSR count). The predicted molar refractivity (Wildman–Crippen MR) is 48.7 cm³/mol. The fourth-order valence-electron chi connectivity index (χ4n) is 1.30. The van der Waals surface area contributed by atoms with Crippen molar-refractivity contribution >= 4 is 12.4 Å². The van der Waals surface area contributed by atoms with Crippen LogP contribution in [0.1, 0.15) is 33.1 Å². The van der Waals surface area contributed by atoms with Gasteiger partial charge in [-0.3, -0.25) is 0 Å². The van der Waals surface area contributed by atoms with Crippen LogP contribution < -0.4 is 0 Å². The maximum absolute atomic E-state index is 4.43. The molecule has 2 heteroatoms. The molecule has 0 bridgehead atoms. The lowest BCUT2D eigenvalue weighted by atomic mass is 10.1. The average Bonchev–Trinajstić information content (AvgIpc) is 2.30. The van der Waals surface area contributed by atoms with Crippen molar-refractivity contribution in [2.75, 3.05) is 7.05 Å². The Labute approximate surface area is 68.7 Å². The minimum absolute atomic E-state index is 0.0516. The molecule has 0 saturated heterocycles. The summed E-state index contributed by atoms with van der Waals surface area (Å²) < 4.78 is 2.18. The predicted octanol–water partition coefficient (Wildman–Crippen LogP) is 1.69. The van der Waals surface area contributed by atoms with Crippen LogP contribution in [0.4, 0.5) is 0 Å². The zero-order valence-corrected chi connectivity index (χ0v) is 7.67. The fraction of sp³-hybridized carbons (Fsp3) is 0.778. The number of nitrogens with zero attached hydrogens (tertiary/aromatic N) is 2. The third-order valence-electron chi connectivity index (χ3n) is 2.41. The molecule has 0 N–H and O–H groups in total. The number of hydrogen-bond donors (Lipinski definition) is 0. The van der Waals surface area contributed by atoms with Gasteiger partial charge in [-0.1, -0.05) is 13.3 Å². The Bertz CT molecular complexity index is 194. The van der Waals surface area contributed by atoms with Gasteiger partial charge in [0.15, 0.2) is 6.21 Å². The highest BCUT2D eigenvalue weighted by molar-refractivity contribution is 6.14. The van der Waals surface area contributed by atoms with E-state index >= 15 is 0 Å². The maximum Gasteiger partial charge on any atom is 0.252 e. The smallest absolute Gasteiger partial charge is 0.217 e. The molecular weight excluding hydrogens is 136 g/mol. The Morgan fingerprint density at radius 2 is 2.27 bits per heavy atom. The number of hydrogen-bond acceptors (Lipinski definition) is 1. The third kappa shape index (κ3) is 1.67. The molecule has 0 saturated carbocycles. The van der Waals surface area contributed by atoms with Gasteiger partial charge in [-0.2, -0.15) is 0 Å². The van der Waals surface area contributed by atoms with E-state index < -0.39 is 0 Å². The lowest BCUT2D eigenvalue weighted by molar-refractivity contribution is -0.570. The van der Waals surface area contributed by atoms with Crippen LogP contribution in [-0.2, 0) is 0 Å².